The highest BCUT2D eigenvalue weighted by Crippen LogP contribution is 2.37. The van der Waals surface area contributed by atoms with Gasteiger partial charge in [0.1, 0.15) is 0 Å². The van der Waals surface area contributed by atoms with E-state index in [-0.39, 0.29) is 5.04 Å². The van der Waals surface area contributed by atoms with E-state index in [2.05, 4.69) is 63.1 Å². The molecule has 1 heterocycles. The van der Waals surface area contributed by atoms with Gasteiger partial charge >= 0.3 is 0 Å². The average molecular weight is 389 g/mol. The number of hydrogen-bond donors (Lipinski definition) is 0. The molecule has 1 aromatic heterocycles. The third-order valence-electron chi connectivity index (χ3n) is 5.57. The summed E-state index contributed by atoms with van der Waals surface area (Å²) in [7, 11) is -1.72. The van der Waals surface area contributed by atoms with E-state index >= 15 is 0 Å². The quantitative estimate of drug-likeness (QED) is 0.333. The molecule has 0 saturated carbocycles. The summed E-state index contributed by atoms with van der Waals surface area (Å²) in [5, 5.41) is 8.63. The molecule has 0 N–H and O–H groups in total. The molecule has 2 rings (SSSR count). The molecule has 0 bridgehead atoms. The van der Waals surface area contributed by atoms with Gasteiger partial charge in [0, 0.05) is 12.0 Å². The number of hydrogen-bond acceptors (Lipinski definition) is 4. The minimum atomic E-state index is -1.72. The van der Waals surface area contributed by atoms with E-state index in [0.717, 1.165) is 24.3 Å². The summed E-state index contributed by atoms with van der Waals surface area (Å²) >= 11 is 0. The summed E-state index contributed by atoms with van der Waals surface area (Å²) in [6, 6.07) is 8.28. The smallest absolute Gasteiger partial charge is 0.247 e. The molecule has 0 unspecified atom stereocenters. The Balaban J connectivity index is 1.88. The molecule has 2 aromatic rings. The van der Waals surface area contributed by atoms with Gasteiger partial charge in [-0.3, -0.25) is 0 Å². The lowest BCUT2D eigenvalue weighted by Crippen LogP contribution is -2.40. The molecule has 150 valence electrons. The van der Waals surface area contributed by atoms with Crippen LogP contribution in [-0.2, 0) is 17.5 Å². The van der Waals surface area contributed by atoms with Crippen LogP contribution in [0.3, 0.4) is 0 Å². The van der Waals surface area contributed by atoms with Gasteiger partial charge in [-0.15, -0.1) is 10.2 Å². The van der Waals surface area contributed by atoms with Crippen LogP contribution in [-0.4, -0.2) is 18.5 Å². The molecule has 0 aliphatic carbocycles. The van der Waals surface area contributed by atoms with E-state index in [1.807, 2.05) is 12.1 Å². The molecule has 0 aliphatic heterocycles. The van der Waals surface area contributed by atoms with Crippen molar-refractivity contribution < 1.29 is 8.84 Å². The molecule has 0 saturated heterocycles. The number of aromatic nitrogens is 2. The molecule has 4 nitrogen and oxygen atoms in total. The summed E-state index contributed by atoms with van der Waals surface area (Å²) in [6.45, 7) is 14.2. The first kappa shape index (κ1) is 21.8. The Labute approximate surface area is 165 Å². The molecule has 0 aliphatic rings. The summed E-state index contributed by atoms with van der Waals surface area (Å²) in [5.74, 6) is 1.35. The van der Waals surface area contributed by atoms with Crippen molar-refractivity contribution in [2.45, 2.75) is 91.0 Å². The van der Waals surface area contributed by atoms with Gasteiger partial charge in [0.25, 0.3) is 0 Å². The van der Waals surface area contributed by atoms with Crippen molar-refractivity contribution in [2.24, 2.45) is 0 Å². The van der Waals surface area contributed by atoms with E-state index in [1.165, 1.54) is 31.2 Å². The second-order valence-corrected chi connectivity index (χ2v) is 13.7. The molecule has 0 radical (unpaired) electrons. The van der Waals surface area contributed by atoms with Crippen LogP contribution < -0.4 is 0 Å². The molecule has 5 heteroatoms. The Morgan fingerprint density at radius 2 is 1.63 bits per heavy atom. The normalized spacial score (nSPS) is 12.5. The van der Waals surface area contributed by atoms with Crippen molar-refractivity contribution in [3.63, 3.8) is 0 Å². The van der Waals surface area contributed by atoms with Gasteiger partial charge in [0.15, 0.2) is 8.32 Å². The SMILES string of the molecule is CCCCCCCc1nnc(-c2ccc(CO[Si](C)(C)C(C)(C)C)cc2)o1. The van der Waals surface area contributed by atoms with Crippen LogP contribution in [0.1, 0.15) is 71.3 Å². The highest BCUT2D eigenvalue weighted by molar-refractivity contribution is 6.74. The predicted molar refractivity (Wildman–Crippen MR) is 114 cm³/mol. The maximum absolute atomic E-state index is 6.29. The van der Waals surface area contributed by atoms with Crippen LogP contribution in [0.15, 0.2) is 28.7 Å². The zero-order valence-corrected chi connectivity index (χ0v) is 19.0. The molecule has 0 spiro atoms. The minimum absolute atomic E-state index is 0.226. The molecule has 1 aromatic carbocycles. The zero-order chi connectivity index (χ0) is 19.9. The second kappa shape index (κ2) is 9.65. The van der Waals surface area contributed by atoms with Gasteiger partial charge in [-0.05, 0) is 42.2 Å². The lowest BCUT2D eigenvalue weighted by atomic mass is 10.1. The van der Waals surface area contributed by atoms with Crippen LogP contribution in [0.2, 0.25) is 18.1 Å². The topological polar surface area (TPSA) is 48.2 Å². The molecular weight excluding hydrogens is 352 g/mol. The third-order valence-corrected chi connectivity index (χ3v) is 10.0. The maximum Gasteiger partial charge on any atom is 0.247 e. The lowest BCUT2D eigenvalue weighted by Gasteiger charge is -2.36. The highest BCUT2D eigenvalue weighted by Gasteiger charge is 2.36. The predicted octanol–water partition coefficient (Wildman–Crippen LogP) is 6.77. The van der Waals surface area contributed by atoms with Gasteiger partial charge in [-0.25, -0.2) is 0 Å². The molecule has 0 amide bonds. The summed E-state index contributed by atoms with van der Waals surface area (Å²) in [5.41, 5.74) is 2.15. The van der Waals surface area contributed by atoms with Gasteiger partial charge in [-0.1, -0.05) is 65.5 Å². The number of benzene rings is 1. The molecule has 0 atom stereocenters. The Morgan fingerprint density at radius 3 is 2.26 bits per heavy atom. The highest BCUT2D eigenvalue weighted by atomic mass is 28.4. The number of rotatable bonds is 10. The maximum atomic E-state index is 6.29. The van der Waals surface area contributed by atoms with Gasteiger partial charge in [-0.2, -0.15) is 0 Å². The Hall–Kier alpha value is -1.46. The Morgan fingerprint density at radius 1 is 0.963 bits per heavy atom. The lowest BCUT2D eigenvalue weighted by molar-refractivity contribution is 0.276. The average Bonchev–Trinajstić information content (AvgIpc) is 3.08. The monoisotopic (exact) mass is 388 g/mol. The first-order valence-corrected chi connectivity index (χ1v) is 13.2. The van der Waals surface area contributed by atoms with Crippen molar-refractivity contribution in [3.8, 4) is 11.5 Å². The van der Waals surface area contributed by atoms with Gasteiger partial charge in [0.2, 0.25) is 11.8 Å². The standard InChI is InChI=1S/C22H36N2O2Si/c1-7-8-9-10-11-12-20-23-24-21(26-20)19-15-13-18(14-16-19)17-25-27(5,6)22(2,3)4/h13-16H,7-12,17H2,1-6H3. The zero-order valence-electron chi connectivity index (χ0n) is 18.0. The first-order chi connectivity index (χ1) is 12.7. The van der Waals surface area contributed by atoms with E-state index in [0.29, 0.717) is 12.5 Å². The van der Waals surface area contributed by atoms with E-state index in [1.54, 1.807) is 0 Å². The van der Waals surface area contributed by atoms with E-state index < -0.39 is 8.32 Å². The number of nitrogens with zero attached hydrogens (tertiary/aromatic N) is 2. The van der Waals surface area contributed by atoms with Gasteiger partial charge in [0.05, 0.1) is 6.61 Å². The van der Waals surface area contributed by atoms with Crippen LogP contribution in [0.5, 0.6) is 0 Å². The Kier molecular flexibility index (Phi) is 7.80. The first-order valence-electron chi connectivity index (χ1n) is 10.3. The van der Waals surface area contributed by atoms with Crippen LogP contribution in [0.25, 0.3) is 11.5 Å². The van der Waals surface area contributed by atoms with Crippen molar-refractivity contribution in [1.29, 1.82) is 0 Å². The van der Waals surface area contributed by atoms with E-state index in [4.69, 9.17) is 8.84 Å². The number of unbranched alkanes of at least 4 members (excludes halogenated alkanes) is 4. The van der Waals surface area contributed by atoms with E-state index in [9.17, 15) is 0 Å². The Bertz CT molecular complexity index is 687. The summed E-state index contributed by atoms with van der Waals surface area (Å²) in [6.07, 6.45) is 7.08. The second-order valence-electron chi connectivity index (χ2n) is 8.91. The van der Waals surface area contributed by atoms with Crippen molar-refractivity contribution >= 4 is 8.32 Å². The largest absolute Gasteiger partial charge is 0.421 e. The van der Waals surface area contributed by atoms with Crippen molar-refractivity contribution in [1.82, 2.24) is 10.2 Å². The van der Waals surface area contributed by atoms with Gasteiger partial charge < -0.3 is 8.84 Å². The number of aryl methyl sites for hydroxylation is 1. The summed E-state index contributed by atoms with van der Waals surface area (Å²) in [4.78, 5) is 0. The fourth-order valence-corrected chi connectivity index (χ4v) is 3.54. The minimum Gasteiger partial charge on any atom is -0.421 e. The fourth-order valence-electron chi connectivity index (χ4n) is 2.57. The van der Waals surface area contributed by atoms with Crippen LogP contribution in [0.4, 0.5) is 0 Å². The van der Waals surface area contributed by atoms with Crippen molar-refractivity contribution in [2.75, 3.05) is 0 Å². The molecular formula is C22H36N2O2Si. The van der Waals surface area contributed by atoms with Crippen LogP contribution in [0, 0.1) is 0 Å². The molecule has 27 heavy (non-hydrogen) atoms. The van der Waals surface area contributed by atoms with Crippen molar-refractivity contribution in [3.05, 3.63) is 35.7 Å². The summed E-state index contributed by atoms with van der Waals surface area (Å²) < 4.78 is 12.1. The molecule has 0 fully saturated rings. The fraction of sp³-hybridized carbons (Fsp3) is 0.636. The third kappa shape index (κ3) is 6.57. The van der Waals surface area contributed by atoms with Crippen LogP contribution >= 0.6 is 0 Å².